The molecule has 1 atom stereocenters. The fourth-order valence-electron chi connectivity index (χ4n) is 3.23. The summed E-state index contributed by atoms with van der Waals surface area (Å²) >= 11 is 1.71. The lowest BCUT2D eigenvalue weighted by Crippen LogP contribution is -2.30. The highest BCUT2D eigenvalue weighted by Crippen LogP contribution is 2.28. The molecule has 3 rings (SSSR count). The molecule has 1 aliphatic heterocycles. The fraction of sp³-hybridized carbons (Fsp3) is 0.688. The van der Waals surface area contributed by atoms with Gasteiger partial charge >= 0.3 is 0 Å². The van der Waals surface area contributed by atoms with E-state index in [-0.39, 0.29) is 5.91 Å². The third kappa shape index (κ3) is 3.41. The molecule has 2 N–H and O–H groups in total. The molecular weight excluding hydrogens is 268 g/mol. The molecule has 0 unspecified atom stereocenters. The Morgan fingerprint density at radius 2 is 2.20 bits per heavy atom. The highest BCUT2D eigenvalue weighted by atomic mass is 32.1. The van der Waals surface area contributed by atoms with E-state index in [1.54, 1.807) is 11.3 Å². The minimum Gasteiger partial charge on any atom is -0.351 e. The lowest BCUT2D eigenvalue weighted by molar-refractivity contribution is 0.0956. The van der Waals surface area contributed by atoms with Crippen LogP contribution in [0.4, 0.5) is 0 Å². The number of nitrogens with one attached hydrogen (secondary N) is 2. The molecule has 1 fully saturated rings. The van der Waals surface area contributed by atoms with Crippen LogP contribution >= 0.6 is 11.3 Å². The van der Waals surface area contributed by atoms with E-state index in [9.17, 15) is 4.79 Å². The largest absolute Gasteiger partial charge is 0.351 e. The van der Waals surface area contributed by atoms with Crippen LogP contribution in [0.15, 0.2) is 6.07 Å². The average molecular weight is 292 g/mol. The normalized spacial score (nSPS) is 22.3. The molecule has 3 nitrogen and oxygen atoms in total. The Kier molecular flexibility index (Phi) is 4.73. The van der Waals surface area contributed by atoms with Crippen LogP contribution in [-0.2, 0) is 12.8 Å². The number of rotatable bonds is 4. The van der Waals surface area contributed by atoms with Gasteiger partial charge in [0.15, 0.2) is 0 Å². The third-order valence-corrected chi connectivity index (χ3v) is 5.65. The van der Waals surface area contributed by atoms with Crippen LogP contribution in [0.5, 0.6) is 0 Å². The number of carbonyl (C=O) groups is 1. The van der Waals surface area contributed by atoms with Crippen molar-refractivity contribution in [2.75, 3.05) is 13.1 Å². The molecule has 0 radical (unpaired) electrons. The Balaban J connectivity index is 1.51. The van der Waals surface area contributed by atoms with Crippen molar-refractivity contribution in [1.82, 2.24) is 10.6 Å². The van der Waals surface area contributed by atoms with Gasteiger partial charge in [-0.15, -0.1) is 11.3 Å². The Hall–Kier alpha value is -0.870. The van der Waals surface area contributed by atoms with Crippen molar-refractivity contribution >= 4 is 17.2 Å². The van der Waals surface area contributed by atoms with Crippen molar-refractivity contribution in [3.63, 3.8) is 0 Å². The lowest BCUT2D eigenvalue weighted by atomic mass is 10.1. The molecule has 1 amide bonds. The van der Waals surface area contributed by atoms with Crippen molar-refractivity contribution in [2.45, 2.75) is 57.4 Å². The van der Waals surface area contributed by atoms with Crippen LogP contribution in [0.2, 0.25) is 0 Å². The highest BCUT2D eigenvalue weighted by molar-refractivity contribution is 7.14. The monoisotopic (exact) mass is 292 g/mol. The van der Waals surface area contributed by atoms with Crippen LogP contribution in [0.3, 0.4) is 0 Å². The van der Waals surface area contributed by atoms with Gasteiger partial charge < -0.3 is 10.6 Å². The van der Waals surface area contributed by atoms with Crippen LogP contribution in [0.25, 0.3) is 0 Å². The van der Waals surface area contributed by atoms with Gasteiger partial charge in [0.25, 0.3) is 5.91 Å². The number of fused-ring (bicyclic) bond motifs is 1. The van der Waals surface area contributed by atoms with E-state index in [0.717, 1.165) is 30.8 Å². The summed E-state index contributed by atoms with van der Waals surface area (Å²) in [5, 5.41) is 6.55. The quantitative estimate of drug-likeness (QED) is 0.838. The van der Waals surface area contributed by atoms with E-state index < -0.39 is 0 Å². The van der Waals surface area contributed by atoms with Gasteiger partial charge in [-0.05, 0) is 63.1 Å². The molecular formula is C16H24N2OS. The molecule has 110 valence electrons. The fourth-order valence-corrected chi connectivity index (χ4v) is 4.40. The maximum absolute atomic E-state index is 12.2. The van der Waals surface area contributed by atoms with Crippen molar-refractivity contribution in [2.24, 2.45) is 0 Å². The minimum atomic E-state index is 0.126. The number of hydrogen-bond donors (Lipinski definition) is 2. The van der Waals surface area contributed by atoms with Gasteiger partial charge in [0, 0.05) is 17.5 Å². The zero-order chi connectivity index (χ0) is 13.8. The van der Waals surface area contributed by atoms with Crippen LogP contribution < -0.4 is 10.6 Å². The topological polar surface area (TPSA) is 41.1 Å². The van der Waals surface area contributed by atoms with Gasteiger partial charge in [0.2, 0.25) is 0 Å². The van der Waals surface area contributed by atoms with Crippen molar-refractivity contribution in [3.8, 4) is 0 Å². The summed E-state index contributed by atoms with van der Waals surface area (Å²) in [6.45, 7) is 1.93. The van der Waals surface area contributed by atoms with Crippen molar-refractivity contribution < 1.29 is 4.79 Å². The molecule has 20 heavy (non-hydrogen) atoms. The number of amides is 1. The predicted molar refractivity (Wildman–Crippen MR) is 83.6 cm³/mol. The molecule has 0 saturated carbocycles. The molecule has 0 bridgehead atoms. The second-order valence-electron chi connectivity index (χ2n) is 5.96. The summed E-state index contributed by atoms with van der Waals surface area (Å²) in [6, 6.07) is 2.74. The van der Waals surface area contributed by atoms with Gasteiger partial charge in [-0.1, -0.05) is 6.42 Å². The van der Waals surface area contributed by atoms with Crippen molar-refractivity contribution in [1.29, 1.82) is 0 Å². The highest BCUT2D eigenvalue weighted by Gasteiger charge is 2.17. The Morgan fingerprint density at radius 3 is 3.05 bits per heavy atom. The van der Waals surface area contributed by atoms with Gasteiger partial charge in [0.1, 0.15) is 0 Å². The molecule has 1 saturated heterocycles. The minimum absolute atomic E-state index is 0.126. The number of hydrogen-bond acceptors (Lipinski definition) is 3. The number of aryl methyl sites for hydroxylation is 2. The summed E-state index contributed by atoms with van der Waals surface area (Å²) in [5.41, 5.74) is 1.43. The van der Waals surface area contributed by atoms with Gasteiger partial charge in [0.05, 0.1) is 4.88 Å². The van der Waals surface area contributed by atoms with Crippen LogP contribution in [0.1, 0.15) is 58.6 Å². The van der Waals surface area contributed by atoms with E-state index in [2.05, 4.69) is 16.7 Å². The number of carbonyl (C=O) groups excluding carboxylic acids is 1. The lowest BCUT2D eigenvalue weighted by Gasteiger charge is -2.10. The molecule has 2 aliphatic rings. The zero-order valence-electron chi connectivity index (χ0n) is 12.0. The van der Waals surface area contributed by atoms with Gasteiger partial charge in [-0.25, -0.2) is 0 Å². The first-order valence-corrected chi connectivity index (χ1v) is 8.78. The summed E-state index contributed by atoms with van der Waals surface area (Å²) in [5.74, 6) is 0.126. The first-order chi connectivity index (χ1) is 9.83. The second-order valence-corrected chi connectivity index (χ2v) is 7.09. The van der Waals surface area contributed by atoms with Crippen molar-refractivity contribution in [3.05, 3.63) is 21.4 Å². The smallest absolute Gasteiger partial charge is 0.261 e. The molecule has 1 aliphatic carbocycles. The third-order valence-electron chi connectivity index (χ3n) is 4.41. The van der Waals surface area contributed by atoms with Crippen LogP contribution in [0, 0.1) is 0 Å². The standard InChI is InChI=1S/C16H24N2OS/c19-16(18-10-8-13-6-4-9-17-13)15-11-12-5-2-1-3-7-14(12)20-15/h11,13,17H,1-10H2,(H,18,19)/t13-/m1/s1. The van der Waals surface area contributed by atoms with Crippen LogP contribution in [-0.4, -0.2) is 25.0 Å². The first kappa shape index (κ1) is 14.1. The maximum atomic E-state index is 12.2. The molecule has 0 aromatic carbocycles. The summed E-state index contributed by atoms with van der Waals surface area (Å²) in [4.78, 5) is 14.6. The predicted octanol–water partition coefficient (Wildman–Crippen LogP) is 2.89. The summed E-state index contributed by atoms with van der Waals surface area (Å²) in [6.07, 6.45) is 9.79. The molecule has 0 spiro atoms. The first-order valence-electron chi connectivity index (χ1n) is 7.96. The summed E-state index contributed by atoms with van der Waals surface area (Å²) < 4.78 is 0. The second kappa shape index (κ2) is 6.72. The van der Waals surface area contributed by atoms with E-state index in [0.29, 0.717) is 6.04 Å². The summed E-state index contributed by atoms with van der Waals surface area (Å²) in [7, 11) is 0. The molecule has 1 aromatic heterocycles. The van der Waals surface area contributed by atoms with E-state index >= 15 is 0 Å². The Bertz CT molecular complexity index is 440. The van der Waals surface area contributed by atoms with E-state index in [1.165, 1.54) is 49.0 Å². The number of thiophene rings is 1. The average Bonchev–Trinajstić information content (AvgIpc) is 3.05. The van der Waals surface area contributed by atoms with Gasteiger partial charge in [-0.2, -0.15) is 0 Å². The Morgan fingerprint density at radius 1 is 1.30 bits per heavy atom. The maximum Gasteiger partial charge on any atom is 0.261 e. The van der Waals surface area contributed by atoms with E-state index in [4.69, 9.17) is 0 Å². The molecule has 2 heterocycles. The SMILES string of the molecule is O=C(NCC[C@H]1CCCN1)c1cc2c(s1)CCCCC2. The zero-order valence-corrected chi connectivity index (χ0v) is 12.9. The molecule has 1 aromatic rings. The Labute approximate surface area is 125 Å². The van der Waals surface area contributed by atoms with E-state index in [1.807, 2.05) is 0 Å². The van der Waals surface area contributed by atoms with Gasteiger partial charge in [-0.3, -0.25) is 4.79 Å². The molecule has 4 heteroatoms.